The minimum absolute atomic E-state index is 0.0573. The highest BCUT2D eigenvalue weighted by atomic mass is 16.5. The van der Waals surface area contributed by atoms with Crippen LogP contribution in [0.5, 0.6) is 0 Å². The average molecular weight is 310 g/mol. The molecule has 4 heteroatoms. The van der Waals surface area contributed by atoms with Gasteiger partial charge in [0.2, 0.25) is 0 Å². The second kappa shape index (κ2) is 6.77. The maximum atomic E-state index is 12.8. The van der Waals surface area contributed by atoms with Crippen LogP contribution in [0.3, 0.4) is 0 Å². The van der Waals surface area contributed by atoms with E-state index in [1.165, 1.54) is 0 Å². The van der Waals surface area contributed by atoms with Gasteiger partial charge in [-0.25, -0.2) is 0 Å². The van der Waals surface area contributed by atoms with Crippen molar-refractivity contribution in [3.63, 3.8) is 0 Å². The van der Waals surface area contributed by atoms with E-state index in [2.05, 4.69) is 0 Å². The summed E-state index contributed by atoms with van der Waals surface area (Å²) in [6.07, 6.45) is -0.196. The maximum Gasteiger partial charge on any atom is 0.196 e. The van der Waals surface area contributed by atoms with Crippen LogP contribution in [-0.2, 0) is 6.42 Å². The number of rotatable bonds is 5. The van der Waals surface area contributed by atoms with Crippen molar-refractivity contribution in [1.82, 2.24) is 0 Å². The SMILES string of the molecule is O=c1c(CCCC(O)O)c(-c2ccccc2)oc2ccccc12. The Bertz CT molecular complexity index is 850. The Labute approximate surface area is 133 Å². The number of benzene rings is 2. The summed E-state index contributed by atoms with van der Waals surface area (Å²) < 4.78 is 5.99. The van der Waals surface area contributed by atoms with E-state index in [4.69, 9.17) is 14.6 Å². The van der Waals surface area contributed by atoms with Gasteiger partial charge in [0.1, 0.15) is 11.3 Å². The van der Waals surface area contributed by atoms with Gasteiger partial charge in [0.25, 0.3) is 0 Å². The Morgan fingerprint density at radius 2 is 1.65 bits per heavy atom. The van der Waals surface area contributed by atoms with Crippen molar-refractivity contribution in [2.45, 2.75) is 25.6 Å². The summed E-state index contributed by atoms with van der Waals surface area (Å²) in [7, 11) is 0. The molecule has 118 valence electrons. The fourth-order valence-corrected chi connectivity index (χ4v) is 2.69. The van der Waals surface area contributed by atoms with Crippen molar-refractivity contribution in [2.75, 3.05) is 0 Å². The molecule has 0 aliphatic rings. The quantitative estimate of drug-likeness (QED) is 0.710. The third-order valence-corrected chi connectivity index (χ3v) is 3.82. The van der Waals surface area contributed by atoms with E-state index in [1.807, 2.05) is 42.5 Å². The van der Waals surface area contributed by atoms with E-state index in [9.17, 15) is 4.79 Å². The molecule has 0 unspecified atom stereocenters. The minimum atomic E-state index is -1.36. The summed E-state index contributed by atoms with van der Waals surface area (Å²) in [6, 6.07) is 16.7. The lowest BCUT2D eigenvalue weighted by molar-refractivity contribution is -0.0461. The van der Waals surface area contributed by atoms with Crippen LogP contribution in [0, 0.1) is 0 Å². The molecule has 2 aromatic carbocycles. The van der Waals surface area contributed by atoms with Gasteiger partial charge in [0.15, 0.2) is 11.7 Å². The number of para-hydroxylation sites is 1. The van der Waals surface area contributed by atoms with Crippen LogP contribution >= 0.6 is 0 Å². The second-order valence-corrected chi connectivity index (χ2v) is 5.47. The number of hydrogen-bond donors (Lipinski definition) is 2. The smallest absolute Gasteiger partial charge is 0.196 e. The van der Waals surface area contributed by atoms with Gasteiger partial charge in [-0.2, -0.15) is 0 Å². The molecule has 1 aromatic heterocycles. The van der Waals surface area contributed by atoms with Crippen LogP contribution in [0.2, 0.25) is 0 Å². The Morgan fingerprint density at radius 3 is 2.39 bits per heavy atom. The molecule has 2 N–H and O–H groups in total. The first-order chi connectivity index (χ1) is 11.2. The Kier molecular flexibility index (Phi) is 4.55. The summed E-state index contributed by atoms with van der Waals surface area (Å²) in [5.41, 5.74) is 1.92. The van der Waals surface area contributed by atoms with E-state index in [0.29, 0.717) is 35.1 Å². The minimum Gasteiger partial charge on any atom is -0.456 e. The van der Waals surface area contributed by atoms with Gasteiger partial charge >= 0.3 is 0 Å². The highest BCUT2D eigenvalue weighted by Gasteiger charge is 2.15. The molecule has 0 fully saturated rings. The maximum absolute atomic E-state index is 12.8. The van der Waals surface area contributed by atoms with Crippen LogP contribution in [0.1, 0.15) is 18.4 Å². The van der Waals surface area contributed by atoms with Gasteiger partial charge in [0.05, 0.1) is 5.39 Å². The number of hydrogen-bond acceptors (Lipinski definition) is 4. The van der Waals surface area contributed by atoms with E-state index in [0.717, 1.165) is 5.56 Å². The molecular weight excluding hydrogens is 292 g/mol. The highest BCUT2D eigenvalue weighted by Crippen LogP contribution is 2.26. The van der Waals surface area contributed by atoms with E-state index in [1.54, 1.807) is 12.1 Å². The fourth-order valence-electron chi connectivity index (χ4n) is 2.69. The van der Waals surface area contributed by atoms with Gasteiger partial charge in [-0.15, -0.1) is 0 Å². The average Bonchev–Trinajstić information content (AvgIpc) is 2.57. The summed E-state index contributed by atoms with van der Waals surface area (Å²) in [5, 5.41) is 18.6. The number of fused-ring (bicyclic) bond motifs is 1. The molecule has 0 bridgehead atoms. The Morgan fingerprint density at radius 1 is 0.957 bits per heavy atom. The molecule has 0 spiro atoms. The van der Waals surface area contributed by atoms with Crippen LogP contribution in [0.4, 0.5) is 0 Å². The van der Waals surface area contributed by atoms with Crippen molar-refractivity contribution in [2.24, 2.45) is 0 Å². The third-order valence-electron chi connectivity index (χ3n) is 3.82. The molecule has 23 heavy (non-hydrogen) atoms. The molecule has 3 rings (SSSR count). The summed E-state index contributed by atoms with van der Waals surface area (Å²) in [6.45, 7) is 0. The third kappa shape index (κ3) is 3.33. The predicted molar refractivity (Wildman–Crippen MR) is 89.1 cm³/mol. The van der Waals surface area contributed by atoms with Crippen molar-refractivity contribution in [1.29, 1.82) is 0 Å². The fraction of sp³-hybridized carbons (Fsp3) is 0.211. The zero-order valence-corrected chi connectivity index (χ0v) is 12.6. The van der Waals surface area contributed by atoms with E-state index in [-0.39, 0.29) is 11.8 Å². The molecule has 0 aliphatic carbocycles. The van der Waals surface area contributed by atoms with Gasteiger partial charge in [-0.3, -0.25) is 4.79 Å². The first-order valence-electron chi connectivity index (χ1n) is 7.63. The molecule has 3 aromatic rings. The lowest BCUT2D eigenvalue weighted by Gasteiger charge is -2.10. The molecule has 4 nitrogen and oxygen atoms in total. The first-order valence-corrected chi connectivity index (χ1v) is 7.63. The molecule has 0 amide bonds. The Hall–Kier alpha value is -2.43. The van der Waals surface area contributed by atoms with Crippen molar-refractivity contribution < 1.29 is 14.6 Å². The standard InChI is InChI=1S/C19H18O4/c20-17(21)12-6-10-15-18(22)14-9-4-5-11-16(14)23-19(15)13-7-2-1-3-8-13/h1-5,7-9,11,17,20-21H,6,10,12H2. The molecule has 1 heterocycles. The molecule has 0 radical (unpaired) electrons. The number of aliphatic hydroxyl groups is 2. The van der Waals surface area contributed by atoms with Gasteiger partial charge in [-0.1, -0.05) is 42.5 Å². The lowest BCUT2D eigenvalue weighted by Crippen LogP contribution is -2.13. The zero-order chi connectivity index (χ0) is 16.2. The predicted octanol–water partition coefficient (Wildman–Crippen LogP) is 3.09. The van der Waals surface area contributed by atoms with Crippen molar-refractivity contribution in [3.8, 4) is 11.3 Å². The van der Waals surface area contributed by atoms with Gasteiger partial charge < -0.3 is 14.6 Å². The Balaban J connectivity index is 2.13. The van der Waals surface area contributed by atoms with Gasteiger partial charge in [0, 0.05) is 11.1 Å². The zero-order valence-electron chi connectivity index (χ0n) is 12.6. The first kappa shape index (κ1) is 15.5. The van der Waals surface area contributed by atoms with E-state index < -0.39 is 6.29 Å². The molecule has 0 saturated carbocycles. The van der Waals surface area contributed by atoms with Crippen LogP contribution in [0.25, 0.3) is 22.3 Å². The summed E-state index contributed by atoms with van der Waals surface area (Å²) in [5.74, 6) is 0.557. The molecule has 0 aliphatic heterocycles. The summed E-state index contributed by atoms with van der Waals surface area (Å²) in [4.78, 5) is 12.8. The topological polar surface area (TPSA) is 70.7 Å². The lowest BCUT2D eigenvalue weighted by atomic mass is 10.00. The van der Waals surface area contributed by atoms with Gasteiger partial charge in [-0.05, 0) is 31.4 Å². The molecule has 0 atom stereocenters. The van der Waals surface area contributed by atoms with Crippen LogP contribution in [-0.4, -0.2) is 16.5 Å². The summed E-state index contributed by atoms with van der Waals surface area (Å²) >= 11 is 0. The van der Waals surface area contributed by atoms with Crippen molar-refractivity contribution >= 4 is 11.0 Å². The molecular formula is C19H18O4. The number of aliphatic hydroxyl groups excluding tert-OH is 1. The normalized spacial score (nSPS) is 11.3. The van der Waals surface area contributed by atoms with E-state index >= 15 is 0 Å². The monoisotopic (exact) mass is 310 g/mol. The van der Waals surface area contributed by atoms with Crippen molar-refractivity contribution in [3.05, 3.63) is 70.4 Å². The molecule has 0 saturated heterocycles. The van der Waals surface area contributed by atoms with Crippen LogP contribution in [0.15, 0.2) is 63.8 Å². The second-order valence-electron chi connectivity index (χ2n) is 5.47. The largest absolute Gasteiger partial charge is 0.456 e. The van der Waals surface area contributed by atoms with Crippen LogP contribution < -0.4 is 5.43 Å². The highest BCUT2D eigenvalue weighted by molar-refractivity contribution is 5.80.